The van der Waals surface area contributed by atoms with Crippen LogP contribution in [-0.2, 0) is 19.1 Å². The Labute approximate surface area is 161 Å². The van der Waals surface area contributed by atoms with Gasteiger partial charge < -0.3 is 14.6 Å². The van der Waals surface area contributed by atoms with Gasteiger partial charge >= 0.3 is 11.9 Å². The SMILES string of the molecule is C=C1C[C@]23C[C@H]1[C@@H](O)C[C@H]2[C@]1(C)CCC[C@@](C)(C(=O)OC)[C@H]1[C@@H]3C(=O)OC. The van der Waals surface area contributed by atoms with E-state index < -0.39 is 11.5 Å². The van der Waals surface area contributed by atoms with E-state index in [0.717, 1.165) is 37.7 Å². The lowest BCUT2D eigenvalue weighted by molar-refractivity contribution is -0.170. The Morgan fingerprint density at radius 2 is 1.89 bits per heavy atom. The maximum absolute atomic E-state index is 13.2. The van der Waals surface area contributed by atoms with Crippen molar-refractivity contribution in [2.75, 3.05) is 14.2 Å². The van der Waals surface area contributed by atoms with Gasteiger partial charge in [0.15, 0.2) is 0 Å². The number of hydrogen-bond donors (Lipinski definition) is 1. The van der Waals surface area contributed by atoms with Crippen molar-refractivity contribution in [3.8, 4) is 0 Å². The number of aliphatic hydroxyl groups is 1. The monoisotopic (exact) mass is 376 g/mol. The third-order valence-corrected chi connectivity index (χ3v) is 8.98. The zero-order valence-electron chi connectivity index (χ0n) is 16.9. The predicted molar refractivity (Wildman–Crippen MR) is 99.5 cm³/mol. The highest BCUT2D eigenvalue weighted by molar-refractivity contribution is 5.81. The molecule has 0 aromatic carbocycles. The molecular formula is C22H32O5. The molecule has 1 spiro atoms. The summed E-state index contributed by atoms with van der Waals surface area (Å²) in [5.74, 6) is -0.682. The molecule has 0 heterocycles. The molecule has 4 rings (SSSR count). The van der Waals surface area contributed by atoms with E-state index in [-0.39, 0.29) is 46.4 Å². The van der Waals surface area contributed by atoms with Crippen molar-refractivity contribution < 1.29 is 24.2 Å². The first-order valence-electron chi connectivity index (χ1n) is 10.2. The lowest BCUT2D eigenvalue weighted by atomic mass is 9.53. The molecule has 5 nitrogen and oxygen atoms in total. The van der Waals surface area contributed by atoms with E-state index in [2.05, 4.69) is 13.5 Å². The van der Waals surface area contributed by atoms with Gasteiger partial charge in [-0.1, -0.05) is 25.5 Å². The molecule has 0 unspecified atom stereocenters. The first-order valence-corrected chi connectivity index (χ1v) is 10.2. The Bertz CT molecular complexity index is 701. The topological polar surface area (TPSA) is 72.8 Å². The van der Waals surface area contributed by atoms with Crippen LogP contribution in [0.2, 0.25) is 0 Å². The summed E-state index contributed by atoms with van der Waals surface area (Å²) < 4.78 is 10.5. The second-order valence-corrected chi connectivity index (χ2v) is 9.98. The van der Waals surface area contributed by atoms with Crippen molar-refractivity contribution in [2.24, 2.45) is 39.9 Å². The normalized spacial score (nSPS) is 50.7. The van der Waals surface area contributed by atoms with Crippen molar-refractivity contribution in [1.82, 2.24) is 0 Å². The molecule has 0 radical (unpaired) electrons. The maximum atomic E-state index is 13.2. The molecule has 0 aromatic rings. The summed E-state index contributed by atoms with van der Waals surface area (Å²) in [5.41, 5.74) is -0.109. The average molecular weight is 376 g/mol. The molecule has 0 saturated heterocycles. The van der Waals surface area contributed by atoms with Gasteiger partial charge in [-0.3, -0.25) is 9.59 Å². The van der Waals surface area contributed by atoms with Gasteiger partial charge in [0, 0.05) is 5.92 Å². The van der Waals surface area contributed by atoms with Crippen LogP contribution in [0.4, 0.5) is 0 Å². The fourth-order valence-corrected chi connectivity index (χ4v) is 8.18. The van der Waals surface area contributed by atoms with Gasteiger partial charge in [0.05, 0.1) is 31.7 Å². The summed E-state index contributed by atoms with van der Waals surface area (Å²) >= 11 is 0. The lowest BCUT2D eigenvalue weighted by Gasteiger charge is -2.51. The average Bonchev–Trinajstić information content (AvgIpc) is 3.05. The van der Waals surface area contributed by atoms with Crippen molar-refractivity contribution in [3.63, 3.8) is 0 Å². The molecule has 0 aliphatic heterocycles. The quantitative estimate of drug-likeness (QED) is 0.592. The molecule has 8 atom stereocenters. The number of carbonyl (C=O) groups is 2. The number of ether oxygens (including phenoxy) is 2. The van der Waals surface area contributed by atoms with Crippen LogP contribution in [0.3, 0.4) is 0 Å². The Balaban J connectivity index is 1.92. The Kier molecular flexibility index (Phi) is 4.09. The van der Waals surface area contributed by atoms with Crippen molar-refractivity contribution in [3.05, 3.63) is 12.2 Å². The second kappa shape index (κ2) is 5.82. The van der Waals surface area contributed by atoms with Gasteiger partial charge in [-0.05, 0) is 61.7 Å². The van der Waals surface area contributed by atoms with Crippen molar-refractivity contribution in [1.29, 1.82) is 0 Å². The molecule has 150 valence electrons. The Hall–Kier alpha value is -1.36. The highest BCUT2D eigenvalue weighted by Gasteiger charge is 2.76. The van der Waals surface area contributed by atoms with Gasteiger partial charge in [-0.2, -0.15) is 0 Å². The van der Waals surface area contributed by atoms with Crippen LogP contribution < -0.4 is 0 Å². The minimum absolute atomic E-state index is 0.0570. The van der Waals surface area contributed by atoms with Gasteiger partial charge in [0.25, 0.3) is 0 Å². The molecule has 4 saturated carbocycles. The summed E-state index contributed by atoms with van der Waals surface area (Å²) in [6.07, 6.45) is 4.43. The summed E-state index contributed by atoms with van der Waals surface area (Å²) in [5, 5.41) is 10.8. The van der Waals surface area contributed by atoms with Gasteiger partial charge in [-0.15, -0.1) is 0 Å². The molecule has 1 N–H and O–H groups in total. The number of hydrogen-bond acceptors (Lipinski definition) is 5. The van der Waals surface area contributed by atoms with Crippen LogP contribution in [0, 0.1) is 39.9 Å². The number of rotatable bonds is 2. The fraction of sp³-hybridized carbons (Fsp3) is 0.818. The lowest BCUT2D eigenvalue weighted by Crippen LogP contribution is -2.51. The summed E-state index contributed by atoms with van der Waals surface area (Å²) in [6.45, 7) is 8.46. The second-order valence-electron chi connectivity index (χ2n) is 9.98. The first kappa shape index (κ1) is 19.0. The third-order valence-electron chi connectivity index (χ3n) is 8.98. The molecule has 2 bridgehead atoms. The number of methoxy groups -OCH3 is 2. The minimum atomic E-state index is -0.711. The fourth-order valence-electron chi connectivity index (χ4n) is 8.18. The largest absolute Gasteiger partial charge is 0.469 e. The zero-order chi connectivity index (χ0) is 19.8. The van der Waals surface area contributed by atoms with E-state index in [9.17, 15) is 14.7 Å². The molecule has 4 fully saturated rings. The molecule has 27 heavy (non-hydrogen) atoms. The number of fused-ring (bicyclic) bond motifs is 3. The van der Waals surface area contributed by atoms with E-state index in [4.69, 9.17) is 9.47 Å². The molecule has 0 amide bonds. The standard InChI is InChI=1S/C22H32O5/c1-12-10-22-11-13(12)14(23)9-15(22)20(2)7-6-8-21(3,19(25)27-5)17(20)16(22)18(24)26-4/h13-17,23H,1,6-11H2,2-5H3/t13-,14+,15+,16-,17+,20+,21-,22+/m1/s1. The molecular weight excluding hydrogens is 344 g/mol. The highest BCUT2D eigenvalue weighted by Crippen LogP contribution is 2.77. The van der Waals surface area contributed by atoms with Crippen LogP contribution in [0.5, 0.6) is 0 Å². The van der Waals surface area contributed by atoms with Crippen LogP contribution >= 0.6 is 0 Å². The first-order chi connectivity index (χ1) is 12.7. The zero-order valence-corrected chi connectivity index (χ0v) is 16.9. The number of esters is 2. The maximum Gasteiger partial charge on any atom is 0.311 e. The van der Waals surface area contributed by atoms with Gasteiger partial charge in [-0.25, -0.2) is 0 Å². The third kappa shape index (κ3) is 2.15. The van der Waals surface area contributed by atoms with E-state index in [1.807, 2.05) is 6.92 Å². The Morgan fingerprint density at radius 3 is 2.52 bits per heavy atom. The van der Waals surface area contributed by atoms with E-state index in [0.29, 0.717) is 6.42 Å². The molecule has 4 aliphatic rings. The Morgan fingerprint density at radius 1 is 1.19 bits per heavy atom. The predicted octanol–water partition coefficient (Wildman–Crippen LogP) is 3.11. The van der Waals surface area contributed by atoms with Crippen LogP contribution in [-0.4, -0.2) is 37.4 Å². The number of carbonyl (C=O) groups excluding carboxylic acids is 2. The van der Waals surface area contributed by atoms with E-state index in [1.165, 1.54) is 14.2 Å². The van der Waals surface area contributed by atoms with Crippen LogP contribution in [0.15, 0.2) is 12.2 Å². The molecule has 4 aliphatic carbocycles. The van der Waals surface area contributed by atoms with Crippen LogP contribution in [0.25, 0.3) is 0 Å². The van der Waals surface area contributed by atoms with E-state index in [1.54, 1.807) is 0 Å². The smallest absolute Gasteiger partial charge is 0.311 e. The summed E-state index contributed by atoms with van der Waals surface area (Å²) in [6, 6.07) is 0. The van der Waals surface area contributed by atoms with Crippen LogP contribution in [0.1, 0.15) is 52.4 Å². The summed E-state index contributed by atoms with van der Waals surface area (Å²) in [7, 11) is 2.88. The van der Waals surface area contributed by atoms with Gasteiger partial charge in [0.1, 0.15) is 0 Å². The van der Waals surface area contributed by atoms with Crippen molar-refractivity contribution >= 4 is 11.9 Å². The van der Waals surface area contributed by atoms with Gasteiger partial charge in [0.2, 0.25) is 0 Å². The highest BCUT2D eigenvalue weighted by atomic mass is 16.5. The van der Waals surface area contributed by atoms with E-state index >= 15 is 0 Å². The molecule has 0 aromatic heterocycles. The summed E-state index contributed by atoms with van der Waals surface area (Å²) in [4.78, 5) is 26.1. The van der Waals surface area contributed by atoms with Crippen molar-refractivity contribution in [2.45, 2.75) is 58.5 Å². The minimum Gasteiger partial charge on any atom is -0.469 e. The molecule has 5 heteroatoms. The number of aliphatic hydroxyl groups excluding tert-OH is 1.